The zero-order valence-corrected chi connectivity index (χ0v) is 18.8. The van der Waals surface area contributed by atoms with E-state index in [2.05, 4.69) is 9.97 Å². The van der Waals surface area contributed by atoms with Gasteiger partial charge in [0.1, 0.15) is 0 Å². The fourth-order valence-electron chi connectivity index (χ4n) is 4.06. The summed E-state index contributed by atoms with van der Waals surface area (Å²) in [5.41, 5.74) is 3.33. The Morgan fingerprint density at radius 2 is 1.62 bits per heavy atom. The molecule has 0 aliphatic carbocycles. The summed E-state index contributed by atoms with van der Waals surface area (Å²) in [7, 11) is -4.01. The summed E-state index contributed by atoms with van der Waals surface area (Å²) >= 11 is 5.93. The lowest BCUT2D eigenvalue weighted by atomic mass is 9.98. The summed E-state index contributed by atoms with van der Waals surface area (Å²) < 4.78 is 31.6. The van der Waals surface area contributed by atoms with Gasteiger partial charge in [0.25, 0.3) is 5.91 Å². The molecule has 2 aliphatic heterocycles. The number of benzene rings is 1. The average molecular weight is 482 g/mol. The first-order valence-corrected chi connectivity index (χ1v) is 12.0. The van der Waals surface area contributed by atoms with Crippen LogP contribution < -0.4 is 10.4 Å². The number of hydroxylamine groups is 1. The van der Waals surface area contributed by atoms with Gasteiger partial charge in [-0.3, -0.25) is 10.0 Å². The molecule has 0 saturated carbocycles. The molecule has 2 aromatic rings. The number of amides is 1. The smallest absolute Gasteiger partial charge is 0.266 e. The van der Waals surface area contributed by atoms with E-state index in [-0.39, 0.29) is 39.1 Å². The maximum absolute atomic E-state index is 13.4. The molecule has 0 bridgehead atoms. The topological polar surface area (TPSA) is 125 Å². The van der Waals surface area contributed by atoms with Crippen molar-refractivity contribution in [2.24, 2.45) is 0 Å². The van der Waals surface area contributed by atoms with Crippen molar-refractivity contribution in [3.05, 3.63) is 41.7 Å². The predicted octanol–water partition coefficient (Wildman–Crippen LogP) is 1.30. The van der Waals surface area contributed by atoms with Crippen molar-refractivity contribution in [2.75, 3.05) is 44.3 Å². The van der Waals surface area contributed by atoms with Crippen molar-refractivity contribution in [2.45, 2.75) is 17.6 Å². The average Bonchev–Trinajstić information content (AvgIpc) is 2.84. The Labute approximate surface area is 191 Å². The Balaban J connectivity index is 1.45. The van der Waals surface area contributed by atoms with Crippen molar-refractivity contribution in [1.82, 2.24) is 19.8 Å². The van der Waals surface area contributed by atoms with E-state index < -0.39 is 20.7 Å². The van der Waals surface area contributed by atoms with E-state index in [9.17, 15) is 13.2 Å². The number of sulfonamides is 1. The number of carbonyl (C=O) groups excluding carboxylic acids is 1. The van der Waals surface area contributed by atoms with Gasteiger partial charge in [-0.2, -0.15) is 4.31 Å². The molecule has 1 amide bonds. The number of aromatic nitrogens is 2. The first kappa shape index (κ1) is 22.9. The van der Waals surface area contributed by atoms with E-state index in [4.69, 9.17) is 21.5 Å². The second-order valence-corrected chi connectivity index (χ2v) is 10.4. The maximum Gasteiger partial charge on any atom is 0.266 e. The fourth-order valence-corrected chi connectivity index (χ4v) is 6.28. The Kier molecular flexibility index (Phi) is 6.63. The van der Waals surface area contributed by atoms with E-state index in [0.717, 1.165) is 11.1 Å². The van der Waals surface area contributed by atoms with Gasteiger partial charge in [0.2, 0.25) is 16.0 Å². The van der Waals surface area contributed by atoms with Crippen LogP contribution in [0.2, 0.25) is 5.02 Å². The summed E-state index contributed by atoms with van der Waals surface area (Å²) in [6, 6.07) is 7.37. The molecule has 0 unspecified atom stereocenters. The molecule has 0 spiro atoms. The standard InChI is InChI=1S/C20H24ClN5O5S/c21-17-3-1-15(2-4-17)16-13-22-19(23-14-16)25-7-9-26(10-8-25)32(29,30)20(18(27)24-28)5-11-31-12-6-20/h1-4,13-14,28H,5-12H2,(H,24,27). The van der Waals surface area contributed by atoms with Crippen LogP contribution in [0.15, 0.2) is 36.7 Å². The van der Waals surface area contributed by atoms with Crippen LogP contribution in [0.3, 0.4) is 0 Å². The van der Waals surface area contributed by atoms with Crippen LogP contribution in [0, 0.1) is 0 Å². The molecule has 12 heteroatoms. The van der Waals surface area contributed by atoms with Gasteiger partial charge in [-0.25, -0.2) is 23.9 Å². The maximum atomic E-state index is 13.4. The lowest BCUT2D eigenvalue weighted by Gasteiger charge is -2.41. The van der Waals surface area contributed by atoms with Gasteiger partial charge in [-0.05, 0) is 17.7 Å². The SMILES string of the molecule is O=C(NO)C1(S(=O)(=O)N2CCN(c3ncc(-c4ccc(Cl)cc4)cn3)CC2)CCOCC1. The van der Waals surface area contributed by atoms with Crippen LogP contribution in [0.25, 0.3) is 11.1 Å². The Morgan fingerprint density at radius 1 is 1.03 bits per heavy atom. The van der Waals surface area contributed by atoms with Gasteiger partial charge in [0.05, 0.1) is 0 Å². The summed E-state index contributed by atoms with van der Waals surface area (Å²) in [5.74, 6) is -0.405. The monoisotopic (exact) mass is 481 g/mol. The van der Waals surface area contributed by atoms with Gasteiger partial charge in [-0.15, -0.1) is 0 Å². The van der Waals surface area contributed by atoms with Crippen molar-refractivity contribution in [3.8, 4) is 11.1 Å². The Bertz CT molecular complexity index is 1050. The van der Waals surface area contributed by atoms with E-state index >= 15 is 0 Å². The molecule has 2 N–H and O–H groups in total. The number of piperazine rings is 1. The molecule has 172 valence electrons. The number of carbonyl (C=O) groups is 1. The highest BCUT2D eigenvalue weighted by Crippen LogP contribution is 2.33. The number of anilines is 1. The molecule has 0 radical (unpaired) electrons. The summed E-state index contributed by atoms with van der Waals surface area (Å²) in [5, 5.41) is 9.82. The first-order chi connectivity index (χ1) is 15.4. The van der Waals surface area contributed by atoms with E-state index in [0.29, 0.717) is 24.1 Å². The molecule has 1 aromatic carbocycles. The van der Waals surface area contributed by atoms with E-state index in [1.54, 1.807) is 24.5 Å². The quantitative estimate of drug-likeness (QED) is 0.483. The van der Waals surface area contributed by atoms with E-state index in [1.807, 2.05) is 17.0 Å². The van der Waals surface area contributed by atoms with Crippen LogP contribution in [0.5, 0.6) is 0 Å². The molecule has 32 heavy (non-hydrogen) atoms. The van der Waals surface area contributed by atoms with Crippen molar-refractivity contribution >= 4 is 33.5 Å². The van der Waals surface area contributed by atoms with Crippen molar-refractivity contribution in [3.63, 3.8) is 0 Å². The lowest BCUT2D eigenvalue weighted by molar-refractivity contribution is -0.134. The number of nitrogens with zero attached hydrogens (tertiary/aromatic N) is 4. The van der Waals surface area contributed by atoms with Gasteiger partial charge < -0.3 is 9.64 Å². The van der Waals surface area contributed by atoms with Gasteiger partial charge in [0.15, 0.2) is 4.75 Å². The zero-order valence-electron chi connectivity index (χ0n) is 17.3. The highest BCUT2D eigenvalue weighted by Gasteiger charge is 2.54. The molecular formula is C20H24ClN5O5S. The molecule has 2 aliphatic rings. The molecule has 2 fully saturated rings. The summed E-state index contributed by atoms with van der Waals surface area (Å²) in [6.07, 6.45) is 3.43. The molecule has 2 saturated heterocycles. The predicted molar refractivity (Wildman–Crippen MR) is 118 cm³/mol. The molecule has 4 rings (SSSR count). The lowest BCUT2D eigenvalue weighted by Crippen LogP contribution is -2.62. The molecule has 0 atom stereocenters. The van der Waals surface area contributed by atoms with Crippen molar-refractivity contribution in [1.29, 1.82) is 0 Å². The highest BCUT2D eigenvalue weighted by atomic mass is 35.5. The Morgan fingerprint density at radius 3 is 2.19 bits per heavy atom. The minimum absolute atomic E-state index is 0.00277. The molecule has 3 heterocycles. The highest BCUT2D eigenvalue weighted by molar-refractivity contribution is 7.91. The zero-order chi connectivity index (χ0) is 22.8. The Hall–Kier alpha value is -2.31. The molecular weight excluding hydrogens is 458 g/mol. The van der Waals surface area contributed by atoms with Crippen LogP contribution in [-0.2, 0) is 19.6 Å². The second kappa shape index (κ2) is 9.28. The number of hydrogen-bond donors (Lipinski definition) is 2. The van der Waals surface area contributed by atoms with Crippen LogP contribution >= 0.6 is 11.6 Å². The molecule has 10 nitrogen and oxygen atoms in total. The third-order valence-corrected chi connectivity index (χ3v) is 8.86. The number of rotatable bonds is 5. The minimum Gasteiger partial charge on any atom is -0.381 e. The second-order valence-electron chi connectivity index (χ2n) is 7.72. The number of halogens is 1. The normalized spacial score (nSPS) is 19.5. The van der Waals surface area contributed by atoms with Crippen LogP contribution in [-0.4, -0.2) is 77.9 Å². The number of nitrogens with one attached hydrogen (secondary N) is 1. The number of hydrogen-bond acceptors (Lipinski definition) is 8. The minimum atomic E-state index is -4.01. The van der Waals surface area contributed by atoms with Crippen molar-refractivity contribution < 1.29 is 23.2 Å². The summed E-state index contributed by atoms with van der Waals surface area (Å²) in [6.45, 7) is 1.42. The summed E-state index contributed by atoms with van der Waals surface area (Å²) in [4.78, 5) is 23.1. The molecule has 1 aromatic heterocycles. The number of ether oxygens (including phenoxy) is 1. The third kappa shape index (κ3) is 4.18. The van der Waals surface area contributed by atoms with Gasteiger partial charge in [0, 0.05) is 75.2 Å². The van der Waals surface area contributed by atoms with Crippen LogP contribution in [0.4, 0.5) is 5.95 Å². The van der Waals surface area contributed by atoms with E-state index in [1.165, 1.54) is 9.79 Å². The van der Waals surface area contributed by atoms with Gasteiger partial charge >= 0.3 is 0 Å². The largest absolute Gasteiger partial charge is 0.381 e. The fraction of sp³-hybridized carbons (Fsp3) is 0.450. The third-order valence-electron chi connectivity index (χ3n) is 5.99. The first-order valence-electron chi connectivity index (χ1n) is 10.2. The van der Waals surface area contributed by atoms with Gasteiger partial charge in [-0.1, -0.05) is 23.7 Å². The van der Waals surface area contributed by atoms with Crippen LogP contribution in [0.1, 0.15) is 12.8 Å².